The lowest BCUT2D eigenvalue weighted by Crippen LogP contribution is -2.34. The van der Waals surface area contributed by atoms with E-state index in [9.17, 15) is 29.5 Å². The van der Waals surface area contributed by atoms with E-state index >= 15 is 0 Å². The van der Waals surface area contributed by atoms with Gasteiger partial charge < -0.3 is 26.0 Å². The van der Waals surface area contributed by atoms with Crippen LogP contribution in [-0.4, -0.2) is 39.5 Å². The van der Waals surface area contributed by atoms with Gasteiger partial charge in [-0.25, -0.2) is 9.18 Å². The van der Waals surface area contributed by atoms with Crippen molar-refractivity contribution in [3.05, 3.63) is 33.6 Å². The van der Waals surface area contributed by atoms with Crippen molar-refractivity contribution in [2.75, 3.05) is 12.3 Å². The fraction of sp³-hybridized carbons (Fsp3) is 0.533. The van der Waals surface area contributed by atoms with Crippen molar-refractivity contribution < 1.29 is 29.1 Å². The van der Waals surface area contributed by atoms with Crippen LogP contribution in [0.15, 0.2) is 12.1 Å². The first kappa shape index (κ1) is 20.6. The van der Waals surface area contributed by atoms with E-state index in [1.165, 1.54) is 0 Å². The number of nitrogens with zero attached hydrogens (tertiary/aromatic N) is 1. The largest absolute Gasteiger partial charge is 0.444 e. The Bertz CT molecular complexity index is 647. The molecule has 2 unspecified atom stereocenters. The molecule has 140 valence electrons. The van der Waals surface area contributed by atoms with Gasteiger partial charge in [0.2, 0.25) is 0 Å². The Morgan fingerprint density at radius 1 is 1.44 bits per heavy atom. The van der Waals surface area contributed by atoms with Gasteiger partial charge in [-0.15, -0.1) is 0 Å². The maximum atomic E-state index is 13.6. The van der Waals surface area contributed by atoms with E-state index in [2.05, 4.69) is 5.32 Å². The molecular weight excluding hydrogens is 337 g/mol. The van der Waals surface area contributed by atoms with Crippen LogP contribution in [0.3, 0.4) is 0 Å². The average Bonchev–Trinajstić information content (AvgIpc) is 2.46. The van der Waals surface area contributed by atoms with E-state index in [0.29, 0.717) is 6.07 Å². The van der Waals surface area contributed by atoms with Crippen LogP contribution in [0.2, 0.25) is 0 Å². The van der Waals surface area contributed by atoms with Crippen molar-refractivity contribution in [1.82, 2.24) is 5.32 Å². The molecule has 2 atom stereocenters. The van der Waals surface area contributed by atoms with Gasteiger partial charge in [-0.2, -0.15) is 0 Å². The highest BCUT2D eigenvalue weighted by Crippen LogP contribution is 2.30. The van der Waals surface area contributed by atoms with Crippen LogP contribution in [0.5, 0.6) is 0 Å². The number of nitrogen functional groups attached to an aromatic ring is 1. The summed E-state index contributed by atoms with van der Waals surface area (Å²) in [6.45, 7) is 5.02. The van der Waals surface area contributed by atoms with Crippen molar-refractivity contribution in [2.24, 2.45) is 0 Å². The minimum atomic E-state index is -1.66. The molecule has 0 fully saturated rings. The molecule has 1 aromatic carbocycles. The van der Waals surface area contributed by atoms with Crippen molar-refractivity contribution in [3.8, 4) is 0 Å². The first-order valence-electron chi connectivity index (χ1n) is 7.48. The van der Waals surface area contributed by atoms with E-state index in [1.54, 1.807) is 20.8 Å². The van der Waals surface area contributed by atoms with Crippen LogP contribution in [-0.2, 0) is 4.74 Å². The molecule has 1 amide bonds. The molecule has 5 N–H and O–H groups in total. The van der Waals surface area contributed by atoms with Gasteiger partial charge >= 0.3 is 6.09 Å². The summed E-state index contributed by atoms with van der Waals surface area (Å²) in [5.41, 5.74) is 3.41. The lowest BCUT2D eigenvalue weighted by Gasteiger charge is -2.22. The zero-order chi connectivity index (χ0) is 19.4. The molecule has 9 nitrogen and oxygen atoms in total. The number of rotatable bonds is 6. The van der Waals surface area contributed by atoms with Gasteiger partial charge in [0.05, 0.1) is 22.8 Å². The molecule has 1 rings (SSSR count). The van der Waals surface area contributed by atoms with Crippen LogP contribution < -0.4 is 11.1 Å². The second-order valence-corrected chi connectivity index (χ2v) is 6.42. The van der Waals surface area contributed by atoms with E-state index < -0.39 is 46.0 Å². The number of non-ortho nitro benzene ring substituents is 1. The van der Waals surface area contributed by atoms with Gasteiger partial charge in [0.25, 0.3) is 5.69 Å². The van der Waals surface area contributed by atoms with Gasteiger partial charge in [0.15, 0.2) is 5.82 Å². The van der Waals surface area contributed by atoms with Crippen LogP contribution in [0.4, 0.5) is 20.6 Å². The molecule has 25 heavy (non-hydrogen) atoms. The van der Waals surface area contributed by atoms with Gasteiger partial charge in [0.1, 0.15) is 11.7 Å². The zero-order valence-electron chi connectivity index (χ0n) is 14.2. The van der Waals surface area contributed by atoms with Gasteiger partial charge in [0, 0.05) is 18.2 Å². The van der Waals surface area contributed by atoms with Crippen LogP contribution in [0, 0.1) is 15.9 Å². The van der Waals surface area contributed by atoms with Gasteiger partial charge in [-0.3, -0.25) is 10.1 Å². The zero-order valence-corrected chi connectivity index (χ0v) is 14.2. The number of halogens is 1. The van der Waals surface area contributed by atoms with Crippen LogP contribution in [0.25, 0.3) is 0 Å². The molecule has 1 aromatic rings. The molecule has 0 radical (unpaired) electrons. The predicted octanol–water partition coefficient (Wildman–Crippen LogP) is 1.63. The molecule has 0 saturated heterocycles. The summed E-state index contributed by atoms with van der Waals surface area (Å²) in [4.78, 5) is 21.4. The Morgan fingerprint density at radius 2 is 2.04 bits per heavy atom. The van der Waals surface area contributed by atoms with Gasteiger partial charge in [-0.05, 0) is 27.2 Å². The number of alkyl carbamates (subject to hydrolysis) is 1. The number of nitro benzene ring substituents is 1. The minimum absolute atomic E-state index is 0.0372. The normalized spacial score (nSPS) is 13.8. The molecule has 0 aliphatic carbocycles. The number of hydrogen-bond donors (Lipinski definition) is 4. The number of aliphatic hydroxyl groups is 2. The second kappa shape index (κ2) is 8.08. The topological polar surface area (TPSA) is 148 Å². The molecule has 0 heterocycles. The highest BCUT2D eigenvalue weighted by molar-refractivity contribution is 5.67. The second-order valence-electron chi connectivity index (χ2n) is 6.42. The fourth-order valence-electron chi connectivity index (χ4n) is 1.98. The molecule has 10 heteroatoms. The molecule has 0 aromatic heterocycles. The molecule has 0 saturated carbocycles. The molecular formula is C15H22FN3O6. The lowest BCUT2D eigenvalue weighted by molar-refractivity contribution is -0.385. The summed E-state index contributed by atoms with van der Waals surface area (Å²) in [5, 5.41) is 33.2. The first-order chi connectivity index (χ1) is 11.4. The third-order valence-electron chi connectivity index (χ3n) is 3.15. The van der Waals surface area contributed by atoms with Gasteiger partial charge in [-0.1, -0.05) is 0 Å². The number of aliphatic hydroxyl groups excluding tert-OH is 2. The number of ether oxygens (including phenoxy) is 1. The molecule has 0 bridgehead atoms. The SMILES string of the molecule is CC(C)(C)OC(=O)NCCC(O)C(O)c1cc([N+](=O)[O-])cc(F)c1N. The summed E-state index contributed by atoms with van der Waals surface area (Å²) in [6.07, 6.45) is -3.90. The standard InChI is InChI=1S/C15H22FN3O6/c1-15(2,3)25-14(22)18-5-4-11(20)13(21)9-6-8(19(23)24)7-10(16)12(9)17/h6-7,11,13,20-21H,4-5,17H2,1-3H3,(H,18,22). The number of benzene rings is 1. The van der Waals surface area contributed by atoms with E-state index in [0.717, 1.165) is 6.07 Å². The summed E-state index contributed by atoms with van der Waals surface area (Å²) < 4.78 is 18.6. The maximum Gasteiger partial charge on any atom is 0.407 e. The number of carbonyl (C=O) groups excluding carboxylic acids is 1. The summed E-state index contributed by atoms with van der Waals surface area (Å²) >= 11 is 0. The van der Waals surface area contributed by atoms with E-state index in [1.807, 2.05) is 0 Å². The average molecular weight is 359 g/mol. The number of anilines is 1. The van der Waals surface area contributed by atoms with Crippen LogP contribution >= 0.6 is 0 Å². The van der Waals surface area contributed by atoms with E-state index in [4.69, 9.17) is 10.5 Å². The highest BCUT2D eigenvalue weighted by atomic mass is 19.1. The molecule has 0 spiro atoms. The Balaban J connectivity index is 2.72. The smallest absolute Gasteiger partial charge is 0.407 e. The summed E-state index contributed by atoms with van der Waals surface area (Å²) in [5.74, 6) is -1.07. The number of amides is 1. The number of carbonyl (C=O) groups is 1. The quantitative estimate of drug-likeness (QED) is 0.343. The number of nitro groups is 1. The van der Waals surface area contributed by atoms with Crippen molar-refractivity contribution in [1.29, 1.82) is 0 Å². The third-order valence-corrected chi connectivity index (χ3v) is 3.15. The predicted molar refractivity (Wildman–Crippen MR) is 87.3 cm³/mol. The highest BCUT2D eigenvalue weighted by Gasteiger charge is 2.25. The molecule has 0 aliphatic heterocycles. The lowest BCUT2D eigenvalue weighted by atomic mass is 9.99. The minimum Gasteiger partial charge on any atom is -0.444 e. The van der Waals surface area contributed by atoms with Crippen molar-refractivity contribution in [2.45, 2.75) is 45.0 Å². The monoisotopic (exact) mass is 359 g/mol. The Hall–Kier alpha value is -2.46. The molecule has 0 aliphatic rings. The van der Waals surface area contributed by atoms with E-state index in [-0.39, 0.29) is 18.5 Å². The number of nitrogens with one attached hydrogen (secondary N) is 1. The number of hydrogen-bond acceptors (Lipinski definition) is 7. The third kappa shape index (κ3) is 6.16. The Labute approximate surface area is 143 Å². The fourth-order valence-corrected chi connectivity index (χ4v) is 1.98. The van der Waals surface area contributed by atoms with Crippen LogP contribution in [0.1, 0.15) is 38.9 Å². The summed E-state index contributed by atoms with van der Waals surface area (Å²) in [6, 6.07) is 1.52. The Morgan fingerprint density at radius 3 is 2.56 bits per heavy atom. The maximum absolute atomic E-state index is 13.6. The number of nitrogens with two attached hydrogens (primary N) is 1. The Kier molecular flexibility index (Phi) is 6.65. The summed E-state index contributed by atoms with van der Waals surface area (Å²) in [7, 11) is 0. The van der Waals surface area contributed by atoms with Crippen molar-refractivity contribution >= 4 is 17.5 Å². The van der Waals surface area contributed by atoms with Crippen molar-refractivity contribution in [3.63, 3.8) is 0 Å². The first-order valence-corrected chi connectivity index (χ1v) is 7.48.